The Morgan fingerprint density at radius 2 is 2.03 bits per heavy atom. The number of hydrogen-bond acceptors (Lipinski definition) is 8. The van der Waals surface area contributed by atoms with Gasteiger partial charge in [-0.1, -0.05) is 42.0 Å². The highest BCUT2D eigenvalue weighted by Gasteiger charge is 2.36. The molecule has 0 unspecified atom stereocenters. The molecular weight excluding hydrogens is 496 g/mol. The molecule has 2 amide bonds. The summed E-state index contributed by atoms with van der Waals surface area (Å²) in [6.45, 7) is 16.2. The first-order valence-corrected chi connectivity index (χ1v) is 14.1. The molecule has 0 aliphatic carbocycles. The number of ether oxygens (including phenoxy) is 2. The van der Waals surface area contributed by atoms with Crippen LogP contribution in [0.2, 0.25) is 0 Å². The maximum Gasteiger partial charge on any atom is 0.259 e. The summed E-state index contributed by atoms with van der Waals surface area (Å²) in [6, 6.07) is -0.0977. The Labute approximate surface area is 235 Å². The van der Waals surface area contributed by atoms with Crippen molar-refractivity contribution in [3.8, 4) is 0 Å². The molecule has 10 heteroatoms. The van der Waals surface area contributed by atoms with Crippen molar-refractivity contribution in [1.29, 1.82) is 0 Å². The van der Waals surface area contributed by atoms with E-state index in [0.29, 0.717) is 76.2 Å². The molecule has 1 aromatic heterocycles. The van der Waals surface area contributed by atoms with Crippen LogP contribution >= 0.6 is 0 Å². The summed E-state index contributed by atoms with van der Waals surface area (Å²) in [6.07, 6.45) is 3.96. The van der Waals surface area contributed by atoms with Gasteiger partial charge in [-0.2, -0.15) is 0 Å². The summed E-state index contributed by atoms with van der Waals surface area (Å²) in [5.74, 6) is 1.40. The second kappa shape index (κ2) is 15.5. The van der Waals surface area contributed by atoms with Gasteiger partial charge in [0.15, 0.2) is 0 Å². The number of carbonyl (C=O) groups excluding carboxylic acids is 2. The fraction of sp³-hybridized carbons (Fsp3) is 0.793. The summed E-state index contributed by atoms with van der Waals surface area (Å²) < 4.78 is 10.7. The highest BCUT2D eigenvalue weighted by molar-refractivity contribution is 5.98. The summed E-state index contributed by atoms with van der Waals surface area (Å²) in [5.41, 5.74) is 0.218. The van der Waals surface area contributed by atoms with Crippen molar-refractivity contribution in [3.63, 3.8) is 0 Å². The molecule has 2 N–H and O–H groups in total. The quantitative estimate of drug-likeness (QED) is 0.429. The van der Waals surface area contributed by atoms with Gasteiger partial charge >= 0.3 is 0 Å². The summed E-state index contributed by atoms with van der Waals surface area (Å²) in [5, 5.41) is 6.80. The van der Waals surface area contributed by atoms with Gasteiger partial charge in [-0.3, -0.25) is 9.59 Å². The molecule has 0 bridgehead atoms. The fourth-order valence-corrected chi connectivity index (χ4v) is 4.97. The Bertz CT molecular complexity index is 912. The largest absolute Gasteiger partial charge is 0.385 e. The van der Waals surface area contributed by atoms with E-state index in [0.717, 1.165) is 19.4 Å². The van der Waals surface area contributed by atoms with E-state index in [-0.39, 0.29) is 42.5 Å². The summed E-state index contributed by atoms with van der Waals surface area (Å²) in [7, 11) is 1.68. The van der Waals surface area contributed by atoms with Crippen molar-refractivity contribution < 1.29 is 19.1 Å². The number of methoxy groups -OCH3 is 1. The average molecular weight is 549 g/mol. The van der Waals surface area contributed by atoms with Gasteiger partial charge in [0.25, 0.3) is 5.91 Å². The number of nitrogens with zero attached hydrogens (tertiary/aromatic N) is 4. The Morgan fingerprint density at radius 1 is 1.26 bits per heavy atom. The lowest BCUT2D eigenvalue weighted by atomic mass is 9.92. The van der Waals surface area contributed by atoms with Gasteiger partial charge in [0.05, 0.1) is 12.5 Å². The molecule has 2 aliphatic rings. The molecular formula is C29H52N6O4. The normalized spacial score (nSPS) is 20.2. The highest BCUT2D eigenvalue weighted by Crippen LogP contribution is 2.26. The van der Waals surface area contributed by atoms with E-state index in [1.807, 2.05) is 9.80 Å². The highest BCUT2D eigenvalue weighted by atomic mass is 16.5. The number of aromatic nitrogens is 2. The lowest BCUT2D eigenvalue weighted by Gasteiger charge is -2.39. The van der Waals surface area contributed by atoms with E-state index in [1.54, 1.807) is 13.3 Å². The van der Waals surface area contributed by atoms with Gasteiger partial charge in [0.2, 0.25) is 5.91 Å². The fourth-order valence-electron chi connectivity index (χ4n) is 4.97. The molecule has 0 spiro atoms. The maximum absolute atomic E-state index is 14.1. The van der Waals surface area contributed by atoms with E-state index < -0.39 is 0 Å². The number of amides is 2. The molecule has 2 aliphatic heterocycles. The van der Waals surface area contributed by atoms with Crippen LogP contribution in [0.1, 0.15) is 77.5 Å². The molecule has 3 heterocycles. The van der Waals surface area contributed by atoms with Crippen molar-refractivity contribution in [2.45, 2.75) is 72.8 Å². The Kier molecular flexibility index (Phi) is 13.1. The monoisotopic (exact) mass is 548 g/mol. The van der Waals surface area contributed by atoms with Gasteiger partial charge in [0, 0.05) is 77.2 Å². The first-order chi connectivity index (χ1) is 18.1. The zero-order chi connectivity index (χ0) is 27.7. The smallest absolute Gasteiger partial charge is 0.259 e. The first kappa shape index (κ1) is 32.9. The SMILES string of the molecule is C.COCCCNc1nc(C(C)(C)C)ncc1C(=O)N(CC(C)C)[C@@H]1CNC[C@H](C(=O)N2CCCOCC2)C1. The molecule has 2 atom stereocenters. The Balaban J connectivity index is 0.00000533. The summed E-state index contributed by atoms with van der Waals surface area (Å²) in [4.78, 5) is 40.7. The number of nitrogens with one attached hydrogen (secondary N) is 2. The van der Waals surface area contributed by atoms with Crippen LogP contribution in [-0.2, 0) is 19.7 Å². The minimum Gasteiger partial charge on any atom is -0.385 e. The predicted molar refractivity (Wildman–Crippen MR) is 155 cm³/mol. The topological polar surface area (TPSA) is 109 Å². The van der Waals surface area contributed by atoms with Crippen molar-refractivity contribution in [1.82, 2.24) is 25.1 Å². The molecule has 3 rings (SSSR count). The van der Waals surface area contributed by atoms with Crippen LogP contribution in [0.5, 0.6) is 0 Å². The van der Waals surface area contributed by atoms with Crippen LogP contribution in [0.25, 0.3) is 0 Å². The second-order valence-electron chi connectivity index (χ2n) is 11.9. The van der Waals surface area contributed by atoms with E-state index in [9.17, 15) is 9.59 Å². The number of rotatable bonds is 10. The van der Waals surface area contributed by atoms with Gasteiger partial charge < -0.3 is 29.9 Å². The molecule has 222 valence electrons. The van der Waals surface area contributed by atoms with Crippen LogP contribution in [0.4, 0.5) is 5.82 Å². The lowest BCUT2D eigenvalue weighted by molar-refractivity contribution is -0.136. The van der Waals surface area contributed by atoms with Crippen molar-refractivity contribution >= 4 is 17.6 Å². The molecule has 2 fully saturated rings. The maximum atomic E-state index is 14.1. The van der Waals surface area contributed by atoms with Gasteiger partial charge in [-0.25, -0.2) is 9.97 Å². The molecule has 39 heavy (non-hydrogen) atoms. The zero-order valence-electron chi connectivity index (χ0n) is 24.2. The van der Waals surface area contributed by atoms with Crippen molar-refractivity contribution in [3.05, 3.63) is 17.6 Å². The van der Waals surface area contributed by atoms with E-state index in [4.69, 9.17) is 14.5 Å². The number of hydrogen-bond donors (Lipinski definition) is 2. The molecule has 10 nitrogen and oxygen atoms in total. The van der Waals surface area contributed by atoms with E-state index in [2.05, 4.69) is 50.2 Å². The Hall–Kier alpha value is -2.30. The van der Waals surface area contributed by atoms with Crippen LogP contribution in [0.15, 0.2) is 6.20 Å². The van der Waals surface area contributed by atoms with Crippen molar-refractivity contribution in [2.24, 2.45) is 11.8 Å². The van der Waals surface area contributed by atoms with Gasteiger partial charge in [-0.05, 0) is 25.2 Å². The number of carbonyl (C=O) groups is 2. The van der Waals surface area contributed by atoms with Crippen LogP contribution < -0.4 is 10.6 Å². The molecule has 0 saturated carbocycles. The molecule has 2 saturated heterocycles. The Morgan fingerprint density at radius 3 is 2.72 bits per heavy atom. The summed E-state index contributed by atoms with van der Waals surface area (Å²) >= 11 is 0. The minimum atomic E-state index is -0.249. The minimum absolute atomic E-state index is 0. The zero-order valence-corrected chi connectivity index (χ0v) is 24.2. The van der Waals surface area contributed by atoms with Crippen LogP contribution in [0, 0.1) is 11.8 Å². The second-order valence-corrected chi connectivity index (χ2v) is 11.9. The number of anilines is 1. The lowest BCUT2D eigenvalue weighted by Crippen LogP contribution is -2.55. The third kappa shape index (κ3) is 9.39. The van der Waals surface area contributed by atoms with Gasteiger partial charge in [-0.15, -0.1) is 0 Å². The van der Waals surface area contributed by atoms with Gasteiger partial charge in [0.1, 0.15) is 17.2 Å². The molecule has 0 aromatic carbocycles. The molecule has 0 radical (unpaired) electrons. The van der Waals surface area contributed by atoms with E-state index in [1.165, 1.54) is 0 Å². The first-order valence-electron chi connectivity index (χ1n) is 14.1. The van der Waals surface area contributed by atoms with E-state index >= 15 is 0 Å². The van der Waals surface area contributed by atoms with Crippen LogP contribution in [-0.4, -0.2) is 104 Å². The average Bonchev–Trinajstić information content (AvgIpc) is 3.18. The third-order valence-corrected chi connectivity index (χ3v) is 6.98. The third-order valence-electron chi connectivity index (χ3n) is 6.98. The van der Waals surface area contributed by atoms with Crippen LogP contribution in [0.3, 0.4) is 0 Å². The number of piperidine rings is 1. The molecule has 1 aromatic rings. The standard InChI is InChI=1S/C28H48N6O4.CH4/c1-20(2)19-34(22-15-21(16-29-17-22)25(35)33-10-8-13-38-14-11-33)26(36)23-18-31-27(28(3,4)5)32-24(23)30-9-7-12-37-6;/h18,20-22,29H,7-17,19H2,1-6H3,(H,30,31,32);1H4/t21-,22+;/m1./s1. The predicted octanol–water partition coefficient (Wildman–Crippen LogP) is 3.18. The van der Waals surface area contributed by atoms with Crippen molar-refractivity contribution in [2.75, 3.05) is 71.5 Å².